The van der Waals surface area contributed by atoms with Gasteiger partial charge in [-0.05, 0) is 53.9 Å². The number of aldehydes is 1. The van der Waals surface area contributed by atoms with E-state index in [2.05, 4.69) is 34.9 Å². The molecule has 4 aromatic carbocycles. The van der Waals surface area contributed by atoms with Crippen molar-refractivity contribution in [1.29, 1.82) is 0 Å². The lowest BCUT2D eigenvalue weighted by atomic mass is 9.90. The first-order chi connectivity index (χ1) is 19.9. The summed E-state index contributed by atoms with van der Waals surface area (Å²) in [4.78, 5) is 13.0. The van der Waals surface area contributed by atoms with Crippen molar-refractivity contribution in [2.45, 2.75) is 31.5 Å². The van der Waals surface area contributed by atoms with Gasteiger partial charge in [0.05, 0.1) is 12.2 Å². The number of benzene rings is 4. The molecule has 0 aliphatic rings. The Balaban J connectivity index is 0.00000226. The van der Waals surface area contributed by atoms with E-state index in [1.54, 1.807) is 6.07 Å². The van der Waals surface area contributed by atoms with E-state index in [0.717, 1.165) is 29.0 Å². The Bertz CT molecular complexity index is 1270. The second-order valence-corrected chi connectivity index (χ2v) is 9.53. The van der Waals surface area contributed by atoms with Crippen LogP contribution in [0, 0.1) is 0 Å². The molecule has 7 heteroatoms. The summed E-state index contributed by atoms with van der Waals surface area (Å²) in [6.45, 7) is 2.11. The number of halogens is 3. The summed E-state index contributed by atoms with van der Waals surface area (Å²) in [5.74, 6) is 0.754. The molecule has 0 bridgehead atoms. The molecule has 0 aliphatic heterocycles. The Kier molecular flexibility index (Phi) is 12.6. The van der Waals surface area contributed by atoms with Crippen molar-refractivity contribution in [3.63, 3.8) is 0 Å². The first kappa shape index (κ1) is 31.6. The minimum absolute atomic E-state index is 0.0548. The van der Waals surface area contributed by atoms with Crippen LogP contribution in [-0.4, -0.2) is 37.9 Å². The van der Waals surface area contributed by atoms with Crippen molar-refractivity contribution < 1.29 is 22.7 Å². The Labute approximate surface area is 240 Å². The van der Waals surface area contributed by atoms with Gasteiger partial charge in [0.25, 0.3) is 0 Å². The van der Waals surface area contributed by atoms with Crippen molar-refractivity contribution >= 4 is 6.29 Å². The van der Waals surface area contributed by atoms with E-state index < -0.39 is 11.7 Å². The second kappa shape index (κ2) is 16.4. The molecule has 41 heavy (non-hydrogen) atoms. The SMILES string of the molecule is CN.O=CCc1cccc(OCCCN(Cc2cccc(C(F)(F)F)c2)CC(c2ccccc2)c2ccccc2)c1. The summed E-state index contributed by atoms with van der Waals surface area (Å²) >= 11 is 0. The smallest absolute Gasteiger partial charge is 0.416 e. The molecule has 0 fully saturated rings. The molecule has 0 unspecified atom stereocenters. The van der Waals surface area contributed by atoms with E-state index in [9.17, 15) is 18.0 Å². The Hall–Kier alpha value is -3.94. The number of hydrogen-bond acceptors (Lipinski definition) is 4. The largest absolute Gasteiger partial charge is 0.494 e. The molecular weight excluding hydrogens is 525 g/mol. The zero-order valence-electron chi connectivity index (χ0n) is 23.3. The van der Waals surface area contributed by atoms with Crippen LogP contribution in [0.3, 0.4) is 0 Å². The highest BCUT2D eigenvalue weighted by Crippen LogP contribution is 2.31. The summed E-state index contributed by atoms with van der Waals surface area (Å²) in [6, 6.07) is 33.4. The fourth-order valence-electron chi connectivity index (χ4n) is 4.71. The van der Waals surface area contributed by atoms with Crippen LogP contribution in [0.5, 0.6) is 5.75 Å². The van der Waals surface area contributed by atoms with Gasteiger partial charge in [0, 0.05) is 32.0 Å². The van der Waals surface area contributed by atoms with E-state index in [-0.39, 0.29) is 5.92 Å². The van der Waals surface area contributed by atoms with Gasteiger partial charge in [0.1, 0.15) is 12.0 Å². The minimum Gasteiger partial charge on any atom is -0.494 e. The third-order valence-electron chi connectivity index (χ3n) is 6.61. The van der Waals surface area contributed by atoms with E-state index >= 15 is 0 Å². The molecule has 4 nitrogen and oxygen atoms in total. The number of hydrogen-bond donors (Lipinski definition) is 1. The van der Waals surface area contributed by atoms with Gasteiger partial charge < -0.3 is 15.3 Å². The Morgan fingerprint density at radius 1 is 0.805 bits per heavy atom. The Morgan fingerprint density at radius 3 is 2.02 bits per heavy atom. The van der Waals surface area contributed by atoms with Gasteiger partial charge in [-0.25, -0.2) is 0 Å². The van der Waals surface area contributed by atoms with Crippen LogP contribution in [-0.2, 0) is 23.9 Å². The van der Waals surface area contributed by atoms with E-state index in [4.69, 9.17) is 4.74 Å². The average Bonchev–Trinajstić information content (AvgIpc) is 3.00. The Morgan fingerprint density at radius 2 is 1.41 bits per heavy atom. The standard InChI is InChI=1S/C33H32F3NO2.CH5N/c34-33(35,36)30-16-7-11-27(22-30)24-37(19-9-21-39-31-17-8-10-26(23-31)18-20-38)25-32(28-12-3-1-4-13-28)29-14-5-2-6-15-29;1-2/h1-8,10-17,20,22-23,32H,9,18-19,21,24-25H2;2H2,1H3. The highest BCUT2D eigenvalue weighted by Gasteiger charge is 2.30. The van der Waals surface area contributed by atoms with Crippen molar-refractivity contribution in [2.75, 3.05) is 26.7 Å². The van der Waals surface area contributed by atoms with Crippen LogP contribution in [0.15, 0.2) is 109 Å². The molecule has 0 atom stereocenters. The number of ether oxygens (including phenoxy) is 1. The lowest BCUT2D eigenvalue weighted by Gasteiger charge is -2.29. The van der Waals surface area contributed by atoms with Gasteiger partial charge in [0.15, 0.2) is 0 Å². The molecule has 4 rings (SSSR count). The molecule has 0 spiro atoms. The monoisotopic (exact) mass is 562 g/mol. The van der Waals surface area contributed by atoms with Gasteiger partial charge in [-0.3, -0.25) is 4.90 Å². The molecule has 0 saturated carbocycles. The highest BCUT2D eigenvalue weighted by atomic mass is 19.4. The minimum atomic E-state index is -4.39. The number of rotatable bonds is 13. The molecule has 0 aromatic heterocycles. The summed E-state index contributed by atoms with van der Waals surface area (Å²) in [5.41, 5.74) is 7.68. The second-order valence-electron chi connectivity index (χ2n) is 9.53. The van der Waals surface area contributed by atoms with Crippen LogP contribution >= 0.6 is 0 Å². The fourth-order valence-corrected chi connectivity index (χ4v) is 4.71. The van der Waals surface area contributed by atoms with Crippen LogP contribution in [0.2, 0.25) is 0 Å². The quantitative estimate of drug-likeness (QED) is 0.139. The predicted molar refractivity (Wildman–Crippen MR) is 158 cm³/mol. The molecule has 0 aliphatic carbocycles. The molecule has 0 heterocycles. The third kappa shape index (κ3) is 10.2. The molecule has 0 amide bonds. The predicted octanol–water partition coefficient (Wildman–Crippen LogP) is 7.12. The zero-order valence-corrected chi connectivity index (χ0v) is 23.3. The van der Waals surface area contributed by atoms with Gasteiger partial charge in [-0.1, -0.05) is 91.0 Å². The number of nitrogens with zero attached hydrogens (tertiary/aromatic N) is 1. The van der Waals surface area contributed by atoms with Crippen molar-refractivity contribution in [3.8, 4) is 5.75 Å². The van der Waals surface area contributed by atoms with Crippen LogP contribution in [0.25, 0.3) is 0 Å². The molecule has 4 aromatic rings. The number of carbonyl (C=O) groups is 1. The summed E-state index contributed by atoms with van der Waals surface area (Å²) in [6.07, 6.45) is -2.50. The van der Waals surface area contributed by atoms with Crippen LogP contribution < -0.4 is 10.5 Å². The zero-order chi connectivity index (χ0) is 29.5. The lowest BCUT2D eigenvalue weighted by molar-refractivity contribution is -0.137. The van der Waals surface area contributed by atoms with Crippen molar-refractivity contribution in [2.24, 2.45) is 5.73 Å². The van der Waals surface area contributed by atoms with Gasteiger partial charge in [0.2, 0.25) is 0 Å². The topological polar surface area (TPSA) is 55.6 Å². The fraction of sp³-hybridized carbons (Fsp3) is 0.265. The van der Waals surface area contributed by atoms with E-state index in [1.807, 2.05) is 60.7 Å². The van der Waals surface area contributed by atoms with Gasteiger partial charge in [-0.2, -0.15) is 13.2 Å². The maximum Gasteiger partial charge on any atom is 0.416 e. The lowest BCUT2D eigenvalue weighted by Crippen LogP contribution is -2.31. The molecule has 2 N–H and O–H groups in total. The summed E-state index contributed by atoms with van der Waals surface area (Å²) in [5, 5.41) is 0. The number of nitrogens with two attached hydrogens (primary N) is 1. The maximum absolute atomic E-state index is 13.4. The molecule has 0 radical (unpaired) electrons. The van der Waals surface area contributed by atoms with Gasteiger partial charge >= 0.3 is 6.18 Å². The molecular formula is C34H37F3N2O2. The van der Waals surface area contributed by atoms with Gasteiger partial charge in [-0.15, -0.1) is 0 Å². The average molecular weight is 563 g/mol. The maximum atomic E-state index is 13.4. The van der Waals surface area contributed by atoms with Crippen LogP contribution in [0.1, 0.15) is 40.2 Å². The third-order valence-corrected chi connectivity index (χ3v) is 6.61. The van der Waals surface area contributed by atoms with E-state index in [1.165, 1.54) is 19.2 Å². The van der Waals surface area contributed by atoms with Crippen LogP contribution in [0.4, 0.5) is 13.2 Å². The molecule has 0 saturated heterocycles. The normalized spacial score (nSPS) is 11.2. The highest BCUT2D eigenvalue weighted by molar-refractivity contribution is 5.55. The first-order valence-electron chi connectivity index (χ1n) is 13.6. The summed E-state index contributed by atoms with van der Waals surface area (Å²) < 4.78 is 46.1. The van der Waals surface area contributed by atoms with E-state index in [0.29, 0.717) is 50.4 Å². The molecule has 216 valence electrons. The van der Waals surface area contributed by atoms with Crippen molar-refractivity contribution in [3.05, 3.63) is 137 Å². The number of alkyl halides is 3. The first-order valence-corrected chi connectivity index (χ1v) is 13.6. The summed E-state index contributed by atoms with van der Waals surface area (Å²) in [7, 11) is 1.50. The number of carbonyl (C=O) groups excluding carboxylic acids is 1. The van der Waals surface area contributed by atoms with Crippen molar-refractivity contribution in [1.82, 2.24) is 4.90 Å².